The molecule has 0 unspecified atom stereocenters. The molecule has 0 heterocycles. The Bertz CT molecular complexity index is 177. The fraction of sp³-hybridized carbons (Fsp3) is 0.500. The molecule has 2 amide bonds. The van der Waals surface area contributed by atoms with Crippen molar-refractivity contribution < 1.29 is 4.79 Å². The summed E-state index contributed by atoms with van der Waals surface area (Å²) in [7, 11) is 4.67. The fourth-order valence-corrected chi connectivity index (χ4v) is 0.527. The second kappa shape index (κ2) is 4.43. The topological polar surface area (TPSA) is 59.8 Å². The van der Waals surface area contributed by atoms with Crippen LogP contribution in [0.3, 0.4) is 0 Å². The molecule has 0 radical (unpaired) electrons. The Labute approximate surface area is 65.8 Å². The Balaban J connectivity index is 4.12. The molecule has 11 heavy (non-hydrogen) atoms. The van der Waals surface area contributed by atoms with Crippen molar-refractivity contribution in [3.8, 4) is 0 Å². The van der Waals surface area contributed by atoms with Gasteiger partial charge in [0.05, 0.1) is 12.7 Å². The molecule has 0 aromatic rings. The number of urea groups is 1. The molecule has 0 aromatic carbocycles. The van der Waals surface area contributed by atoms with E-state index < -0.39 is 0 Å². The van der Waals surface area contributed by atoms with E-state index in [1.165, 1.54) is 18.3 Å². The highest BCUT2D eigenvalue weighted by atomic mass is 16.2. The lowest BCUT2D eigenvalue weighted by Gasteiger charge is -2.16. The quantitative estimate of drug-likeness (QED) is 0.451. The normalized spacial score (nSPS) is 9.73. The maximum Gasteiger partial charge on any atom is 0.329 e. The predicted octanol–water partition coefficient (Wildman–Crippen LogP) is 0.235. The van der Waals surface area contributed by atoms with E-state index in [-0.39, 0.29) is 6.03 Å². The van der Waals surface area contributed by atoms with Crippen molar-refractivity contribution in [1.29, 1.82) is 5.41 Å². The third kappa shape index (κ3) is 2.79. The molecule has 5 heteroatoms. The average Bonchev–Trinajstić information content (AvgIpc) is 2.02. The summed E-state index contributed by atoms with van der Waals surface area (Å²) in [4.78, 5) is 17.2. The number of nitrogens with one attached hydrogen (secondary N) is 1. The summed E-state index contributed by atoms with van der Waals surface area (Å²) >= 11 is 0. The van der Waals surface area contributed by atoms with E-state index in [1.54, 1.807) is 14.1 Å². The minimum Gasteiger partial charge on any atom is -0.291 e. The summed E-state index contributed by atoms with van der Waals surface area (Å²) in [6, 6.07) is -0.286. The Kier molecular flexibility index (Phi) is 3.87. The Morgan fingerprint density at radius 1 is 1.45 bits per heavy atom. The van der Waals surface area contributed by atoms with E-state index in [1.807, 2.05) is 0 Å². The average molecular weight is 156 g/mol. The van der Waals surface area contributed by atoms with Crippen LogP contribution in [-0.4, -0.2) is 49.7 Å². The largest absolute Gasteiger partial charge is 0.329 e. The van der Waals surface area contributed by atoms with Gasteiger partial charge in [0.25, 0.3) is 0 Å². The second-order valence-electron chi connectivity index (χ2n) is 2.01. The van der Waals surface area contributed by atoms with Gasteiger partial charge in [-0.2, -0.15) is 0 Å². The number of hydrogen-bond acceptors (Lipinski definition) is 3. The molecule has 62 valence electrons. The van der Waals surface area contributed by atoms with Crippen LogP contribution in [-0.2, 0) is 0 Å². The lowest BCUT2D eigenvalue weighted by Crippen LogP contribution is -2.36. The van der Waals surface area contributed by atoms with Gasteiger partial charge in [-0.05, 0) is 0 Å². The molecule has 0 bridgehead atoms. The van der Waals surface area contributed by atoms with Crippen molar-refractivity contribution in [2.75, 3.05) is 21.1 Å². The summed E-state index contributed by atoms with van der Waals surface area (Å²) in [5, 5.41) is 6.77. The van der Waals surface area contributed by atoms with Gasteiger partial charge >= 0.3 is 6.03 Å². The highest BCUT2D eigenvalue weighted by Gasteiger charge is 2.08. The van der Waals surface area contributed by atoms with Gasteiger partial charge in [-0.25, -0.2) is 4.79 Å². The molecule has 0 atom stereocenters. The molecule has 5 nitrogen and oxygen atoms in total. The first kappa shape index (κ1) is 9.61. The SMILES string of the molecule is C/N=C\N(C)C(=O)N(C)C=N. The number of amides is 2. The summed E-state index contributed by atoms with van der Waals surface area (Å²) in [6.07, 6.45) is 2.34. The standard InChI is InChI=1S/C6H12N4O/c1-8-5-10(3)6(11)9(2)4-7/h4-5,7H,1-3H3/b7-4?,8-5-. The van der Waals surface area contributed by atoms with E-state index in [0.29, 0.717) is 0 Å². The number of carbonyl (C=O) groups is 1. The Morgan fingerprint density at radius 2 is 2.00 bits per heavy atom. The third-order valence-electron chi connectivity index (χ3n) is 1.09. The fourth-order valence-electron chi connectivity index (χ4n) is 0.527. The first-order chi connectivity index (χ1) is 5.13. The van der Waals surface area contributed by atoms with Crippen LogP contribution in [0.1, 0.15) is 0 Å². The molecule has 0 aliphatic rings. The van der Waals surface area contributed by atoms with E-state index in [2.05, 4.69) is 4.99 Å². The number of hydrogen-bond donors (Lipinski definition) is 1. The predicted molar refractivity (Wildman–Crippen MR) is 44.1 cm³/mol. The van der Waals surface area contributed by atoms with Crippen molar-refractivity contribution in [3.05, 3.63) is 0 Å². The number of rotatable bonds is 2. The van der Waals surface area contributed by atoms with Crippen molar-refractivity contribution in [2.24, 2.45) is 4.99 Å². The molecule has 0 aliphatic carbocycles. The molecule has 1 N–H and O–H groups in total. The van der Waals surface area contributed by atoms with Crippen LogP contribution in [0.5, 0.6) is 0 Å². The lowest BCUT2D eigenvalue weighted by atomic mass is 10.7. The molecule has 0 aromatic heterocycles. The van der Waals surface area contributed by atoms with E-state index >= 15 is 0 Å². The second-order valence-corrected chi connectivity index (χ2v) is 2.01. The molecular formula is C6H12N4O. The zero-order valence-electron chi connectivity index (χ0n) is 6.90. The van der Waals surface area contributed by atoms with Crippen LogP contribution in [0, 0.1) is 5.41 Å². The first-order valence-corrected chi connectivity index (χ1v) is 3.06. The molecule has 0 rings (SSSR count). The van der Waals surface area contributed by atoms with Gasteiger partial charge in [0.15, 0.2) is 0 Å². The smallest absolute Gasteiger partial charge is 0.291 e. The zero-order valence-corrected chi connectivity index (χ0v) is 6.90. The van der Waals surface area contributed by atoms with Crippen LogP contribution in [0.25, 0.3) is 0 Å². The summed E-state index contributed by atoms with van der Waals surface area (Å²) in [5.74, 6) is 0. The highest BCUT2D eigenvalue weighted by Crippen LogP contribution is 1.86. The van der Waals surface area contributed by atoms with E-state index in [4.69, 9.17) is 5.41 Å². The van der Waals surface area contributed by atoms with Gasteiger partial charge < -0.3 is 0 Å². The van der Waals surface area contributed by atoms with Crippen LogP contribution in [0.15, 0.2) is 4.99 Å². The molecule has 0 saturated heterocycles. The van der Waals surface area contributed by atoms with Gasteiger partial charge in [-0.1, -0.05) is 0 Å². The van der Waals surface area contributed by atoms with Crippen LogP contribution in [0.2, 0.25) is 0 Å². The Morgan fingerprint density at radius 3 is 2.36 bits per heavy atom. The van der Waals surface area contributed by atoms with Crippen LogP contribution >= 0.6 is 0 Å². The maximum atomic E-state index is 11.1. The van der Waals surface area contributed by atoms with Crippen LogP contribution in [0.4, 0.5) is 4.79 Å². The van der Waals surface area contributed by atoms with E-state index in [9.17, 15) is 4.79 Å². The number of carbonyl (C=O) groups excluding carboxylic acids is 1. The maximum absolute atomic E-state index is 11.1. The molecule has 0 spiro atoms. The summed E-state index contributed by atoms with van der Waals surface area (Å²) in [6.45, 7) is 0. The lowest BCUT2D eigenvalue weighted by molar-refractivity contribution is 0.212. The zero-order chi connectivity index (χ0) is 8.85. The highest BCUT2D eigenvalue weighted by molar-refractivity contribution is 5.92. The van der Waals surface area contributed by atoms with E-state index in [0.717, 1.165) is 11.2 Å². The molecule has 0 saturated carbocycles. The van der Waals surface area contributed by atoms with Gasteiger partial charge in [0.2, 0.25) is 0 Å². The number of nitrogens with zero attached hydrogens (tertiary/aromatic N) is 3. The van der Waals surface area contributed by atoms with Gasteiger partial charge in [-0.3, -0.25) is 20.2 Å². The summed E-state index contributed by atoms with van der Waals surface area (Å²) < 4.78 is 0. The Hall–Kier alpha value is -1.39. The van der Waals surface area contributed by atoms with Crippen molar-refractivity contribution in [2.45, 2.75) is 0 Å². The first-order valence-electron chi connectivity index (χ1n) is 3.06. The van der Waals surface area contributed by atoms with Crippen molar-refractivity contribution >= 4 is 18.7 Å². The van der Waals surface area contributed by atoms with Crippen molar-refractivity contribution in [1.82, 2.24) is 9.80 Å². The van der Waals surface area contributed by atoms with Gasteiger partial charge in [0.1, 0.15) is 0 Å². The number of aliphatic imine (C=N–C) groups is 1. The minimum absolute atomic E-state index is 0.286. The van der Waals surface area contributed by atoms with Crippen LogP contribution < -0.4 is 0 Å². The third-order valence-corrected chi connectivity index (χ3v) is 1.09. The minimum atomic E-state index is -0.286. The molecule has 0 aliphatic heterocycles. The summed E-state index contributed by atoms with van der Waals surface area (Å²) in [5.41, 5.74) is 0. The monoisotopic (exact) mass is 156 g/mol. The van der Waals surface area contributed by atoms with Gasteiger partial charge in [-0.15, -0.1) is 0 Å². The van der Waals surface area contributed by atoms with Gasteiger partial charge in [0, 0.05) is 21.1 Å². The molecule has 0 fully saturated rings. The molecular weight excluding hydrogens is 144 g/mol. The van der Waals surface area contributed by atoms with Crippen molar-refractivity contribution in [3.63, 3.8) is 0 Å².